The SMILES string of the molecule is CC(N)C1CCN(Cc2csc(-c3ccccn3)n2)C1.Cl. The Bertz CT molecular complexity index is 558. The third-order valence-corrected chi connectivity index (χ3v) is 4.79. The van der Waals surface area contributed by atoms with Crippen LogP contribution in [0.4, 0.5) is 0 Å². The average Bonchev–Trinajstić information content (AvgIpc) is 3.10. The second-order valence-electron chi connectivity index (χ2n) is 5.50. The number of hydrogen-bond donors (Lipinski definition) is 1. The maximum absolute atomic E-state index is 5.98. The van der Waals surface area contributed by atoms with Crippen molar-refractivity contribution < 1.29 is 0 Å². The van der Waals surface area contributed by atoms with Crippen LogP contribution in [0.1, 0.15) is 19.0 Å². The van der Waals surface area contributed by atoms with Crippen molar-refractivity contribution in [1.82, 2.24) is 14.9 Å². The number of likely N-dealkylation sites (tertiary alicyclic amines) is 1. The highest BCUT2D eigenvalue weighted by Gasteiger charge is 2.25. The van der Waals surface area contributed by atoms with Crippen molar-refractivity contribution >= 4 is 23.7 Å². The molecule has 1 aliphatic heterocycles. The summed E-state index contributed by atoms with van der Waals surface area (Å²) in [5, 5.41) is 3.15. The van der Waals surface area contributed by atoms with Crippen LogP contribution in [0.3, 0.4) is 0 Å². The standard InChI is InChI=1S/C15H20N4S.ClH/c1-11(16)12-5-7-19(8-12)9-13-10-20-15(18-13)14-4-2-3-6-17-14;/h2-4,6,10-12H,5,7-9,16H2,1H3;1H. The van der Waals surface area contributed by atoms with E-state index in [0.29, 0.717) is 12.0 Å². The van der Waals surface area contributed by atoms with Crippen molar-refractivity contribution in [2.45, 2.75) is 25.9 Å². The molecule has 2 aromatic heterocycles. The Labute approximate surface area is 135 Å². The van der Waals surface area contributed by atoms with Gasteiger partial charge in [0.15, 0.2) is 0 Å². The number of halogens is 1. The van der Waals surface area contributed by atoms with Crippen molar-refractivity contribution in [2.24, 2.45) is 11.7 Å². The lowest BCUT2D eigenvalue weighted by Gasteiger charge is -2.16. The van der Waals surface area contributed by atoms with Crippen LogP contribution >= 0.6 is 23.7 Å². The van der Waals surface area contributed by atoms with Gasteiger partial charge in [0.25, 0.3) is 0 Å². The van der Waals surface area contributed by atoms with Gasteiger partial charge in [-0.3, -0.25) is 9.88 Å². The van der Waals surface area contributed by atoms with E-state index >= 15 is 0 Å². The summed E-state index contributed by atoms with van der Waals surface area (Å²) in [6.45, 7) is 5.25. The molecular weight excluding hydrogens is 304 g/mol. The molecule has 0 radical (unpaired) electrons. The van der Waals surface area contributed by atoms with Gasteiger partial charge in [0, 0.05) is 30.7 Å². The zero-order chi connectivity index (χ0) is 13.9. The van der Waals surface area contributed by atoms with Crippen molar-refractivity contribution in [3.05, 3.63) is 35.5 Å². The molecule has 21 heavy (non-hydrogen) atoms. The molecule has 0 aromatic carbocycles. The number of thiazole rings is 1. The van der Waals surface area contributed by atoms with Gasteiger partial charge in [0.05, 0.1) is 11.4 Å². The molecule has 0 amide bonds. The Morgan fingerprint density at radius 1 is 1.48 bits per heavy atom. The van der Waals surface area contributed by atoms with Gasteiger partial charge in [-0.1, -0.05) is 6.07 Å². The van der Waals surface area contributed by atoms with Crippen molar-refractivity contribution in [1.29, 1.82) is 0 Å². The first-order valence-corrected chi connectivity index (χ1v) is 7.94. The molecule has 6 heteroatoms. The van der Waals surface area contributed by atoms with E-state index < -0.39 is 0 Å². The first kappa shape index (κ1) is 16.4. The van der Waals surface area contributed by atoms with Crippen LogP contribution in [-0.2, 0) is 6.54 Å². The lowest BCUT2D eigenvalue weighted by molar-refractivity contribution is 0.305. The van der Waals surface area contributed by atoms with E-state index in [4.69, 9.17) is 10.7 Å². The predicted molar refractivity (Wildman–Crippen MR) is 89.6 cm³/mol. The van der Waals surface area contributed by atoms with Crippen LogP contribution in [0.2, 0.25) is 0 Å². The van der Waals surface area contributed by atoms with Crippen LogP contribution in [-0.4, -0.2) is 34.0 Å². The van der Waals surface area contributed by atoms with E-state index in [1.165, 1.54) is 6.42 Å². The number of aromatic nitrogens is 2. The number of nitrogens with two attached hydrogens (primary N) is 1. The molecule has 0 aliphatic carbocycles. The summed E-state index contributed by atoms with van der Waals surface area (Å²) in [7, 11) is 0. The van der Waals surface area contributed by atoms with Crippen LogP contribution < -0.4 is 5.73 Å². The zero-order valence-corrected chi connectivity index (χ0v) is 13.7. The topological polar surface area (TPSA) is 55.0 Å². The number of hydrogen-bond acceptors (Lipinski definition) is 5. The van der Waals surface area contributed by atoms with Gasteiger partial charge in [-0.25, -0.2) is 4.98 Å². The number of pyridine rings is 1. The normalized spacial score (nSPS) is 20.2. The van der Waals surface area contributed by atoms with Crippen LogP contribution in [0, 0.1) is 5.92 Å². The first-order chi connectivity index (χ1) is 9.72. The van der Waals surface area contributed by atoms with Crippen LogP contribution in [0.15, 0.2) is 29.8 Å². The molecule has 1 aliphatic rings. The highest BCUT2D eigenvalue weighted by atomic mass is 35.5. The Morgan fingerprint density at radius 2 is 2.33 bits per heavy atom. The fraction of sp³-hybridized carbons (Fsp3) is 0.467. The molecule has 0 bridgehead atoms. The summed E-state index contributed by atoms with van der Waals surface area (Å²) >= 11 is 1.67. The molecule has 0 spiro atoms. The van der Waals surface area contributed by atoms with Gasteiger partial charge in [-0.2, -0.15) is 0 Å². The fourth-order valence-corrected chi connectivity index (χ4v) is 3.44. The lowest BCUT2D eigenvalue weighted by Crippen LogP contribution is -2.29. The second-order valence-corrected chi connectivity index (χ2v) is 6.36. The lowest BCUT2D eigenvalue weighted by atomic mass is 10.0. The largest absolute Gasteiger partial charge is 0.328 e. The van der Waals surface area contributed by atoms with Gasteiger partial charge in [-0.15, -0.1) is 23.7 Å². The Morgan fingerprint density at radius 3 is 3.00 bits per heavy atom. The van der Waals surface area contributed by atoms with E-state index in [2.05, 4.69) is 22.2 Å². The van der Waals surface area contributed by atoms with Gasteiger partial charge in [0.2, 0.25) is 0 Å². The number of rotatable bonds is 4. The molecule has 2 N–H and O–H groups in total. The Balaban J connectivity index is 0.00000161. The van der Waals surface area contributed by atoms with Crippen molar-refractivity contribution in [3.8, 4) is 10.7 Å². The van der Waals surface area contributed by atoms with E-state index in [-0.39, 0.29) is 12.4 Å². The third kappa shape index (κ3) is 4.01. The summed E-state index contributed by atoms with van der Waals surface area (Å²) in [4.78, 5) is 11.5. The van der Waals surface area contributed by atoms with Gasteiger partial charge in [0.1, 0.15) is 5.01 Å². The molecule has 3 rings (SSSR count). The van der Waals surface area contributed by atoms with Gasteiger partial charge in [-0.05, 0) is 37.9 Å². The molecule has 1 saturated heterocycles. The molecule has 2 unspecified atom stereocenters. The highest BCUT2D eigenvalue weighted by Crippen LogP contribution is 2.24. The monoisotopic (exact) mass is 324 g/mol. The molecule has 2 aromatic rings. The average molecular weight is 325 g/mol. The molecular formula is C15H21ClN4S. The molecule has 2 atom stereocenters. The smallest absolute Gasteiger partial charge is 0.142 e. The van der Waals surface area contributed by atoms with E-state index in [1.54, 1.807) is 11.3 Å². The molecule has 114 valence electrons. The minimum atomic E-state index is 0. The molecule has 4 nitrogen and oxygen atoms in total. The third-order valence-electron chi connectivity index (χ3n) is 3.87. The van der Waals surface area contributed by atoms with E-state index in [9.17, 15) is 0 Å². The maximum Gasteiger partial charge on any atom is 0.142 e. The van der Waals surface area contributed by atoms with Crippen molar-refractivity contribution in [2.75, 3.05) is 13.1 Å². The van der Waals surface area contributed by atoms with E-state index in [1.807, 2.05) is 24.4 Å². The maximum atomic E-state index is 5.98. The van der Waals surface area contributed by atoms with E-state index in [0.717, 1.165) is 36.0 Å². The van der Waals surface area contributed by atoms with Crippen LogP contribution in [0.5, 0.6) is 0 Å². The van der Waals surface area contributed by atoms with Gasteiger partial charge >= 0.3 is 0 Å². The fourth-order valence-electron chi connectivity index (χ4n) is 2.65. The minimum absolute atomic E-state index is 0. The second kappa shape index (κ2) is 7.31. The first-order valence-electron chi connectivity index (χ1n) is 7.06. The summed E-state index contributed by atoms with van der Waals surface area (Å²) in [5.41, 5.74) is 8.08. The van der Waals surface area contributed by atoms with Crippen molar-refractivity contribution in [3.63, 3.8) is 0 Å². The summed E-state index contributed by atoms with van der Waals surface area (Å²) < 4.78 is 0. The van der Waals surface area contributed by atoms with Crippen LogP contribution in [0.25, 0.3) is 10.7 Å². The van der Waals surface area contributed by atoms with Gasteiger partial charge < -0.3 is 5.73 Å². The molecule has 0 saturated carbocycles. The highest BCUT2D eigenvalue weighted by molar-refractivity contribution is 7.13. The summed E-state index contributed by atoms with van der Waals surface area (Å²) in [6, 6.07) is 6.22. The molecule has 1 fully saturated rings. The number of nitrogens with zero attached hydrogens (tertiary/aromatic N) is 3. The summed E-state index contributed by atoms with van der Waals surface area (Å²) in [5.74, 6) is 0.629. The zero-order valence-electron chi connectivity index (χ0n) is 12.1. The quantitative estimate of drug-likeness (QED) is 0.939. The predicted octanol–water partition coefficient (Wildman–Crippen LogP) is 2.80. The summed E-state index contributed by atoms with van der Waals surface area (Å²) in [6.07, 6.45) is 3.01. The Hall–Kier alpha value is -1.01. The molecule has 3 heterocycles. The minimum Gasteiger partial charge on any atom is -0.328 e. The Kier molecular flexibility index (Phi) is 5.70.